The van der Waals surface area contributed by atoms with Crippen molar-refractivity contribution in [3.8, 4) is 5.75 Å². The van der Waals surface area contributed by atoms with Gasteiger partial charge >= 0.3 is 6.03 Å². The van der Waals surface area contributed by atoms with E-state index in [1.807, 2.05) is 19.1 Å². The molecule has 92 valence electrons. The second kappa shape index (κ2) is 6.61. The minimum Gasteiger partial charge on any atom is -0.492 e. The Balaban J connectivity index is 2.90. The largest absolute Gasteiger partial charge is 0.492 e. The molecule has 1 aromatic carbocycles. The first-order valence-electron chi connectivity index (χ1n) is 4.75. The number of halogens is 2. The summed E-state index contributed by atoms with van der Waals surface area (Å²) < 4.78 is 7.04. The van der Waals surface area contributed by atoms with Gasteiger partial charge in [-0.3, -0.25) is 0 Å². The molecule has 0 aliphatic rings. The monoisotopic (exact) mass is 363 g/mol. The minimum atomic E-state index is -0.703. The number of nitrogens with one attached hydrogen (secondary N) is 1. The van der Waals surface area contributed by atoms with E-state index < -0.39 is 6.03 Å². The van der Waals surface area contributed by atoms with E-state index in [1.54, 1.807) is 0 Å². The molecule has 0 spiro atoms. The molecule has 0 saturated heterocycles. The predicted molar refractivity (Wildman–Crippen MR) is 73.3 cm³/mol. The Morgan fingerprint density at radius 3 is 2.59 bits per heavy atom. The fraction of sp³-hybridized carbons (Fsp3) is 0.200. The summed E-state index contributed by atoms with van der Waals surface area (Å²) in [6, 6.07) is 2.94. The topological polar surface area (TPSA) is 76.7 Å². The Labute approximate surface area is 116 Å². The van der Waals surface area contributed by atoms with Gasteiger partial charge in [0.25, 0.3) is 0 Å². The SMILES string of the molecule is CCOc1c(Br)cc(C=NNC(N)=O)cc1Br. The third kappa shape index (κ3) is 4.35. The molecule has 0 heterocycles. The first-order chi connectivity index (χ1) is 8.04. The van der Waals surface area contributed by atoms with Crippen molar-refractivity contribution in [2.24, 2.45) is 10.8 Å². The van der Waals surface area contributed by atoms with Crippen LogP contribution in [0.15, 0.2) is 26.2 Å². The van der Waals surface area contributed by atoms with Crippen LogP contribution in [0.2, 0.25) is 0 Å². The van der Waals surface area contributed by atoms with E-state index in [0.717, 1.165) is 20.3 Å². The molecule has 7 heteroatoms. The zero-order chi connectivity index (χ0) is 12.8. The number of carbonyl (C=O) groups is 1. The Kier molecular flexibility index (Phi) is 5.43. The summed E-state index contributed by atoms with van der Waals surface area (Å²) >= 11 is 6.78. The Morgan fingerprint density at radius 2 is 2.12 bits per heavy atom. The summed E-state index contributed by atoms with van der Waals surface area (Å²) in [5.41, 5.74) is 7.79. The van der Waals surface area contributed by atoms with Gasteiger partial charge in [0.2, 0.25) is 0 Å². The molecule has 1 aromatic rings. The first-order valence-corrected chi connectivity index (χ1v) is 6.33. The molecule has 0 aliphatic heterocycles. The maximum atomic E-state index is 10.4. The van der Waals surface area contributed by atoms with Crippen molar-refractivity contribution in [3.63, 3.8) is 0 Å². The average molecular weight is 365 g/mol. The highest BCUT2D eigenvalue weighted by Gasteiger charge is 2.07. The third-order valence-electron chi connectivity index (χ3n) is 1.70. The molecule has 17 heavy (non-hydrogen) atoms. The Hall–Kier alpha value is -1.08. The molecular weight excluding hydrogens is 354 g/mol. The lowest BCUT2D eigenvalue weighted by Crippen LogP contribution is -2.24. The van der Waals surface area contributed by atoms with Crippen LogP contribution in [0.25, 0.3) is 0 Å². The van der Waals surface area contributed by atoms with Gasteiger partial charge in [0, 0.05) is 0 Å². The van der Waals surface area contributed by atoms with Gasteiger partial charge in [-0.05, 0) is 56.5 Å². The lowest BCUT2D eigenvalue weighted by atomic mass is 10.2. The highest BCUT2D eigenvalue weighted by Crippen LogP contribution is 2.34. The molecule has 0 aliphatic carbocycles. The number of hydrazone groups is 1. The molecule has 3 N–H and O–H groups in total. The molecule has 5 nitrogen and oxygen atoms in total. The molecule has 0 unspecified atom stereocenters. The van der Waals surface area contributed by atoms with Gasteiger partial charge in [-0.1, -0.05) is 0 Å². The van der Waals surface area contributed by atoms with E-state index >= 15 is 0 Å². The van der Waals surface area contributed by atoms with Crippen LogP contribution in [0.5, 0.6) is 5.75 Å². The number of carbonyl (C=O) groups excluding carboxylic acids is 1. The highest BCUT2D eigenvalue weighted by molar-refractivity contribution is 9.11. The number of benzene rings is 1. The van der Waals surface area contributed by atoms with Crippen molar-refractivity contribution in [2.45, 2.75) is 6.92 Å². The molecule has 2 amide bonds. The Bertz CT molecular complexity index is 426. The van der Waals surface area contributed by atoms with Crippen LogP contribution in [0.1, 0.15) is 12.5 Å². The van der Waals surface area contributed by atoms with E-state index in [9.17, 15) is 4.79 Å². The molecule has 0 aromatic heterocycles. The van der Waals surface area contributed by atoms with Gasteiger partial charge in [-0.2, -0.15) is 5.10 Å². The summed E-state index contributed by atoms with van der Waals surface area (Å²) in [6.45, 7) is 2.49. The highest BCUT2D eigenvalue weighted by atomic mass is 79.9. The Morgan fingerprint density at radius 1 is 1.53 bits per heavy atom. The smallest absolute Gasteiger partial charge is 0.332 e. The van der Waals surface area contributed by atoms with Crippen LogP contribution in [0.3, 0.4) is 0 Å². The zero-order valence-electron chi connectivity index (χ0n) is 9.04. The van der Waals surface area contributed by atoms with Crippen molar-refractivity contribution in [1.29, 1.82) is 0 Å². The van der Waals surface area contributed by atoms with Gasteiger partial charge in [0.1, 0.15) is 5.75 Å². The van der Waals surface area contributed by atoms with E-state index in [1.165, 1.54) is 6.21 Å². The lowest BCUT2D eigenvalue weighted by molar-refractivity contribution is 0.249. The van der Waals surface area contributed by atoms with Crippen LogP contribution < -0.4 is 15.9 Å². The molecule has 1 rings (SSSR count). The van der Waals surface area contributed by atoms with Gasteiger partial charge in [0.15, 0.2) is 0 Å². The molecule has 0 atom stereocenters. The number of rotatable bonds is 4. The number of amides is 2. The summed E-state index contributed by atoms with van der Waals surface area (Å²) in [7, 11) is 0. The van der Waals surface area contributed by atoms with Crippen LogP contribution in [-0.2, 0) is 0 Å². The number of hydrogen-bond donors (Lipinski definition) is 2. The minimum absolute atomic E-state index is 0.577. The molecule has 0 fully saturated rings. The summed E-state index contributed by atoms with van der Waals surface area (Å²) in [6.07, 6.45) is 1.48. The van der Waals surface area contributed by atoms with E-state index in [2.05, 4.69) is 42.4 Å². The number of nitrogens with zero attached hydrogens (tertiary/aromatic N) is 1. The maximum absolute atomic E-state index is 10.4. The number of urea groups is 1. The van der Waals surface area contributed by atoms with Crippen LogP contribution >= 0.6 is 31.9 Å². The standard InChI is InChI=1S/C10H11Br2N3O2/c1-2-17-9-7(11)3-6(4-8(9)12)5-14-15-10(13)16/h3-5H,2H2,1H3,(H3,13,15,16). The predicted octanol–water partition coefficient (Wildman–Crippen LogP) is 2.61. The molecule has 0 saturated carbocycles. The second-order valence-electron chi connectivity index (χ2n) is 2.98. The van der Waals surface area contributed by atoms with Gasteiger partial charge in [0.05, 0.1) is 21.8 Å². The van der Waals surface area contributed by atoms with E-state index in [-0.39, 0.29) is 0 Å². The molecule has 0 radical (unpaired) electrons. The average Bonchev–Trinajstić information content (AvgIpc) is 2.23. The zero-order valence-corrected chi connectivity index (χ0v) is 12.2. The van der Waals surface area contributed by atoms with Gasteiger partial charge in [-0.25, -0.2) is 10.2 Å². The molecule has 0 bridgehead atoms. The van der Waals surface area contributed by atoms with Crippen molar-refractivity contribution in [1.82, 2.24) is 5.43 Å². The number of hydrogen-bond acceptors (Lipinski definition) is 3. The maximum Gasteiger partial charge on any atom is 0.332 e. The number of primary amides is 1. The van der Waals surface area contributed by atoms with Crippen LogP contribution in [-0.4, -0.2) is 18.9 Å². The summed E-state index contributed by atoms with van der Waals surface area (Å²) in [5, 5.41) is 3.67. The second-order valence-corrected chi connectivity index (χ2v) is 4.69. The van der Waals surface area contributed by atoms with Crippen molar-refractivity contribution in [2.75, 3.05) is 6.61 Å². The quantitative estimate of drug-likeness (QED) is 0.636. The summed E-state index contributed by atoms with van der Waals surface area (Å²) in [4.78, 5) is 10.4. The van der Waals surface area contributed by atoms with Crippen molar-refractivity contribution >= 4 is 44.1 Å². The summed E-state index contributed by atoms with van der Waals surface area (Å²) in [5.74, 6) is 0.729. The van der Waals surface area contributed by atoms with E-state index in [4.69, 9.17) is 10.5 Å². The van der Waals surface area contributed by atoms with Crippen LogP contribution in [0.4, 0.5) is 4.79 Å². The molecular formula is C10H11Br2N3O2. The fourth-order valence-electron chi connectivity index (χ4n) is 1.11. The normalized spacial score (nSPS) is 10.5. The van der Waals surface area contributed by atoms with Crippen molar-refractivity contribution in [3.05, 3.63) is 26.6 Å². The van der Waals surface area contributed by atoms with Gasteiger partial charge < -0.3 is 10.5 Å². The number of ether oxygens (including phenoxy) is 1. The van der Waals surface area contributed by atoms with E-state index in [0.29, 0.717) is 6.61 Å². The van der Waals surface area contributed by atoms with Crippen molar-refractivity contribution < 1.29 is 9.53 Å². The van der Waals surface area contributed by atoms with Crippen LogP contribution in [0, 0.1) is 0 Å². The lowest BCUT2D eigenvalue weighted by Gasteiger charge is -2.08. The first kappa shape index (κ1) is 14.0. The fourth-order valence-corrected chi connectivity index (χ4v) is 2.56. The number of nitrogens with two attached hydrogens (primary N) is 1. The third-order valence-corrected chi connectivity index (χ3v) is 2.88. The van der Waals surface area contributed by atoms with Gasteiger partial charge in [-0.15, -0.1) is 0 Å².